The minimum atomic E-state index is -0.409. The Kier molecular flexibility index (Phi) is 5.34. The minimum Gasteiger partial charge on any atom is -0.381 e. The van der Waals surface area contributed by atoms with Crippen molar-refractivity contribution in [2.24, 2.45) is 11.7 Å². The lowest BCUT2D eigenvalue weighted by Crippen LogP contribution is -2.50. The van der Waals surface area contributed by atoms with E-state index in [4.69, 9.17) is 10.5 Å². The van der Waals surface area contributed by atoms with E-state index in [0.717, 1.165) is 38.9 Å². The molecule has 1 aliphatic carbocycles. The molecular weight excluding hydrogens is 288 g/mol. The van der Waals surface area contributed by atoms with Crippen molar-refractivity contribution in [2.75, 3.05) is 19.8 Å². The van der Waals surface area contributed by atoms with Gasteiger partial charge in [-0.25, -0.2) is 0 Å². The first-order valence-corrected chi connectivity index (χ1v) is 8.88. The van der Waals surface area contributed by atoms with Crippen LogP contribution in [0.3, 0.4) is 0 Å². The minimum absolute atomic E-state index is 0.000828. The Hall–Kier alpha value is -1.39. The average Bonchev–Trinajstić information content (AvgIpc) is 3.11. The van der Waals surface area contributed by atoms with Gasteiger partial charge in [-0.15, -0.1) is 0 Å². The van der Waals surface area contributed by atoms with Gasteiger partial charge < -0.3 is 15.8 Å². The summed E-state index contributed by atoms with van der Waals surface area (Å²) in [6.07, 6.45) is 6.53. The monoisotopic (exact) mass is 316 g/mol. The quantitative estimate of drug-likeness (QED) is 0.876. The molecule has 1 aromatic carbocycles. The van der Waals surface area contributed by atoms with Crippen molar-refractivity contribution in [2.45, 2.75) is 50.0 Å². The van der Waals surface area contributed by atoms with Gasteiger partial charge in [0.1, 0.15) is 0 Å². The third-order valence-electron chi connectivity index (χ3n) is 5.62. The summed E-state index contributed by atoms with van der Waals surface area (Å²) in [6, 6.07) is 10.2. The van der Waals surface area contributed by atoms with Crippen LogP contribution in [0.1, 0.15) is 44.1 Å². The van der Waals surface area contributed by atoms with Crippen molar-refractivity contribution in [1.82, 2.24) is 5.32 Å². The molecule has 2 fully saturated rings. The molecule has 1 aliphatic heterocycles. The summed E-state index contributed by atoms with van der Waals surface area (Å²) in [5.41, 5.74) is 7.63. The Morgan fingerprint density at radius 1 is 1.22 bits per heavy atom. The molecule has 126 valence electrons. The maximum Gasteiger partial charge on any atom is 0.237 e. The molecule has 4 nitrogen and oxygen atoms in total. The molecule has 0 spiro atoms. The number of amides is 1. The van der Waals surface area contributed by atoms with Crippen LogP contribution in [0, 0.1) is 5.92 Å². The SMILES string of the molecule is NC(C(=O)NCC1(c2ccccc2)CCCC1)C1CCOCC1. The van der Waals surface area contributed by atoms with Crippen LogP contribution >= 0.6 is 0 Å². The van der Waals surface area contributed by atoms with E-state index in [1.165, 1.54) is 18.4 Å². The highest BCUT2D eigenvalue weighted by atomic mass is 16.5. The first-order chi connectivity index (χ1) is 11.2. The number of hydrogen-bond acceptors (Lipinski definition) is 3. The molecule has 1 aromatic rings. The van der Waals surface area contributed by atoms with Crippen LogP contribution in [0.15, 0.2) is 30.3 Å². The van der Waals surface area contributed by atoms with E-state index < -0.39 is 6.04 Å². The van der Waals surface area contributed by atoms with E-state index in [2.05, 4.69) is 29.6 Å². The van der Waals surface area contributed by atoms with Crippen LogP contribution in [0.2, 0.25) is 0 Å². The molecule has 1 heterocycles. The second-order valence-electron chi connectivity index (χ2n) is 7.05. The van der Waals surface area contributed by atoms with Gasteiger partial charge in [-0.1, -0.05) is 43.2 Å². The number of nitrogens with one attached hydrogen (secondary N) is 1. The Labute approximate surface area is 138 Å². The van der Waals surface area contributed by atoms with Gasteiger partial charge in [-0.3, -0.25) is 4.79 Å². The first-order valence-electron chi connectivity index (χ1n) is 8.88. The van der Waals surface area contributed by atoms with Crippen LogP contribution in [-0.4, -0.2) is 31.7 Å². The van der Waals surface area contributed by atoms with Crippen LogP contribution in [-0.2, 0) is 14.9 Å². The normalized spacial score (nSPS) is 22.7. The molecule has 3 N–H and O–H groups in total. The van der Waals surface area contributed by atoms with Gasteiger partial charge in [0.05, 0.1) is 6.04 Å². The summed E-state index contributed by atoms with van der Waals surface area (Å²) < 4.78 is 5.36. The lowest BCUT2D eigenvalue weighted by molar-refractivity contribution is -0.124. The molecule has 2 aliphatic rings. The van der Waals surface area contributed by atoms with Crippen LogP contribution in [0.25, 0.3) is 0 Å². The molecule has 1 saturated carbocycles. The van der Waals surface area contributed by atoms with Crippen molar-refractivity contribution in [3.8, 4) is 0 Å². The fraction of sp³-hybridized carbons (Fsp3) is 0.632. The van der Waals surface area contributed by atoms with Crippen LogP contribution < -0.4 is 11.1 Å². The number of benzene rings is 1. The molecule has 1 atom stereocenters. The lowest BCUT2D eigenvalue weighted by Gasteiger charge is -2.32. The molecule has 0 bridgehead atoms. The molecular formula is C19H28N2O2. The zero-order chi connectivity index (χ0) is 16.1. The summed E-state index contributed by atoms with van der Waals surface area (Å²) in [5.74, 6) is 0.249. The third-order valence-corrected chi connectivity index (χ3v) is 5.62. The maximum atomic E-state index is 12.5. The number of ether oxygens (including phenoxy) is 1. The van der Waals surface area contributed by atoms with Crippen LogP contribution in [0.5, 0.6) is 0 Å². The van der Waals surface area contributed by atoms with Gasteiger partial charge in [0.2, 0.25) is 5.91 Å². The first kappa shape index (κ1) is 16.5. The van der Waals surface area contributed by atoms with Crippen molar-refractivity contribution in [1.29, 1.82) is 0 Å². The van der Waals surface area contributed by atoms with E-state index in [-0.39, 0.29) is 17.2 Å². The number of hydrogen-bond donors (Lipinski definition) is 2. The summed E-state index contributed by atoms with van der Waals surface area (Å²) in [7, 11) is 0. The Morgan fingerprint density at radius 3 is 2.52 bits per heavy atom. The van der Waals surface area contributed by atoms with Gasteiger partial charge in [0, 0.05) is 25.2 Å². The van der Waals surface area contributed by atoms with Gasteiger partial charge in [0.15, 0.2) is 0 Å². The second-order valence-corrected chi connectivity index (χ2v) is 7.05. The number of nitrogens with two attached hydrogens (primary N) is 1. The predicted octanol–water partition coefficient (Wildman–Crippen LogP) is 2.37. The number of carbonyl (C=O) groups is 1. The molecule has 4 heteroatoms. The maximum absolute atomic E-state index is 12.5. The average molecular weight is 316 g/mol. The fourth-order valence-electron chi connectivity index (χ4n) is 4.07. The zero-order valence-corrected chi connectivity index (χ0v) is 13.8. The molecule has 0 radical (unpaired) electrons. The van der Waals surface area contributed by atoms with E-state index >= 15 is 0 Å². The van der Waals surface area contributed by atoms with E-state index in [1.807, 2.05) is 6.07 Å². The topological polar surface area (TPSA) is 64.4 Å². The summed E-state index contributed by atoms with van der Waals surface area (Å²) in [4.78, 5) is 12.5. The second kappa shape index (κ2) is 7.45. The van der Waals surface area contributed by atoms with Gasteiger partial charge in [-0.2, -0.15) is 0 Å². The van der Waals surface area contributed by atoms with Gasteiger partial charge in [0.25, 0.3) is 0 Å². The van der Waals surface area contributed by atoms with E-state index in [0.29, 0.717) is 6.54 Å². The van der Waals surface area contributed by atoms with Crippen molar-refractivity contribution in [3.63, 3.8) is 0 Å². The molecule has 1 unspecified atom stereocenters. The van der Waals surface area contributed by atoms with Crippen molar-refractivity contribution < 1.29 is 9.53 Å². The predicted molar refractivity (Wildman–Crippen MR) is 91.1 cm³/mol. The summed E-state index contributed by atoms with van der Waals surface area (Å²) in [6.45, 7) is 2.14. The largest absolute Gasteiger partial charge is 0.381 e. The highest BCUT2D eigenvalue weighted by molar-refractivity contribution is 5.82. The Balaban J connectivity index is 1.62. The molecule has 0 aromatic heterocycles. The smallest absolute Gasteiger partial charge is 0.237 e. The lowest BCUT2D eigenvalue weighted by atomic mass is 9.78. The Bertz CT molecular complexity index is 505. The van der Waals surface area contributed by atoms with E-state index in [1.54, 1.807) is 0 Å². The zero-order valence-electron chi connectivity index (χ0n) is 13.8. The highest BCUT2D eigenvalue weighted by Gasteiger charge is 2.36. The van der Waals surface area contributed by atoms with Crippen LogP contribution in [0.4, 0.5) is 0 Å². The molecule has 1 saturated heterocycles. The van der Waals surface area contributed by atoms with Crippen molar-refractivity contribution >= 4 is 5.91 Å². The van der Waals surface area contributed by atoms with E-state index in [9.17, 15) is 4.79 Å². The molecule has 3 rings (SSSR count). The third kappa shape index (κ3) is 3.75. The molecule has 1 amide bonds. The highest BCUT2D eigenvalue weighted by Crippen LogP contribution is 2.40. The van der Waals surface area contributed by atoms with Gasteiger partial charge in [-0.05, 0) is 37.2 Å². The number of carbonyl (C=O) groups excluding carboxylic acids is 1. The van der Waals surface area contributed by atoms with Crippen molar-refractivity contribution in [3.05, 3.63) is 35.9 Å². The molecule has 23 heavy (non-hydrogen) atoms. The van der Waals surface area contributed by atoms with Gasteiger partial charge >= 0.3 is 0 Å². The summed E-state index contributed by atoms with van der Waals surface area (Å²) in [5, 5.41) is 3.16. The fourth-order valence-corrected chi connectivity index (χ4v) is 4.07. The number of rotatable bonds is 5. The summed E-state index contributed by atoms with van der Waals surface area (Å²) >= 11 is 0. The standard InChI is InChI=1S/C19H28N2O2/c20-17(15-8-12-23-13-9-15)18(22)21-14-19(10-4-5-11-19)16-6-2-1-3-7-16/h1-3,6-7,15,17H,4-5,8-14,20H2,(H,21,22). The Morgan fingerprint density at radius 2 is 1.87 bits per heavy atom.